The molecule has 1 aromatic heterocycles. The molecule has 0 unspecified atom stereocenters. The third kappa shape index (κ3) is 7.42. The van der Waals surface area contributed by atoms with Crippen molar-refractivity contribution in [3.05, 3.63) is 179 Å². The minimum Gasteiger partial charge on any atom is -0.376 e. The highest BCUT2D eigenvalue weighted by atomic mass is 32.2. The Hall–Kier alpha value is -4.21. The summed E-state index contributed by atoms with van der Waals surface area (Å²) < 4.78 is 34.7. The molecule has 0 radical (unpaired) electrons. The Balaban J connectivity index is 1.21. The number of aryl methyl sites for hydroxylation is 1. The summed E-state index contributed by atoms with van der Waals surface area (Å²) in [4.78, 5) is 2.63. The Kier molecular flexibility index (Phi) is 10.4. The average Bonchev–Trinajstić information content (AvgIpc) is 3.73. The summed E-state index contributed by atoms with van der Waals surface area (Å²) in [5, 5.41) is 1.07. The summed E-state index contributed by atoms with van der Waals surface area (Å²) in [5.41, 5.74) is 8.98. The smallest absolute Gasteiger partial charge is 0.169 e. The van der Waals surface area contributed by atoms with Crippen molar-refractivity contribution in [3.63, 3.8) is 0 Å². The topological polar surface area (TPSA) is 61.9 Å². The van der Waals surface area contributed by atoms with Crippen LogP contribution in [-0.2, 0) is 61.7 Å². The van der Waals surface area contributed by atoms with Gasteiger partial charge >= 0.3 is 0 Å². The maximum atomic E-state index is 7.08. The number of rotatable bonds is 13. The summed E-state index contributed by atoms with van der Waals surface area (Å²) in [5.74, 6) is 0. The van der Waals surface area contributed by atoms with Crippen molar-refractivity contribution < 1.29 is 23.7 Å². The summed E-state index contributed by atoms with van der Waals surface area (Å²) in [6, 6.07) is 45.8. The van der Waals surface area contributed by atoms with Gasteiger partial charge in [0.15, 0.2) is 4.93 Å². The second-order valence-corrected chi connectivity index (χ2v) is 14.8. The van der Waals surface area contributed by atoms with Crippen molar-refractivity contribution in [1.29, 1.82) is 0 Å². The predicted molar refractivity (Wildman–Crippen MR) is 202 cm³/mol. The van der Waals surface area contributed by atoms with E-state index in [9.17, 15) is 0 Å². The number of nitrogens with one attached hydrogen (secondary N) is 1. The van der Waals surface area contributed by atoms with Gasteiger partial charge in [-0.3, -0.25) is 0 Å². The Morgan fingerprint density at radius 3 is 1.78 bits per heavy atom. The molecule has 6 aromatic rings. The van der Waals surface area contributed by atoms with Gasteiger partial charge in [-0.1, -0.05) is 121 Å². The SMILES string of the molecule is Cc1c[nH]c2cc3c(cc12)CO[C@]31S[C@H](COCc2ccccc2)[C@@H](OCc2ccccc2)[C@H](OCc2ccccc2)[C@H]1OCc1ccccc1. The van der Waals surface area contributed by atoms with Gasteiger partial charge in [0.25, 0.3) is 0 Å². The Morgan fingerprint density at radius 2 is 1.20 bits per heavy atom. The summed E-state index contributed by atoms with van der Waals surface area (Å²) in [7, 11) is 0. The minimum absolute atomic E-state index is 0.137. The van der Waals surface area contributed by atoms with Gasteiger partial charge in [0.05, 0.1) is 44.9 Å². The van der Waals surface area contributed by atoms with Gasteiger partial charge in [-0.15, -0.1) is 11.8 Å². The summed E-state index contributed by atoms with van der Waals surface area (Å²) in [6.45, 7) is 4.81. The highest BCUT2D eigenvalue weighted by molar-refractivity contribution is 8.00. The highest BCUT2D eigenvalue weighted by Crippen LogP contribution is 2.57. The molecule has 260 valence electrons. The van der Waals surface area contributed by atoms with E-state index in [4.69, 9.17) is 23.7 Å². The van der Waals surface area contributed by atoms with E-state index in [1.807, 2.05) is 72.8 Å². The molecule has 2 aliphatic heterocycles. The molecule has 5 atom stereocenters. The number of H-pyrrole nitrogens is 1. The van der Waals surface area contributed by atoms with E-state index < -0.39 is 17.1 Å². The first-order chi connectivity index (χ1) is 25.2. The fourth-order valence-electron chi connectivity index (χ4n) is 7.23. The normalized spacial score (nSPS) is 22.8. The molecule has 51 heavy (non-hydrogen) atoms. The molecular formula is C44H43NO5S. The van der Waals surface area contributed by atoms with Crippen LogP contribution in [0.2, 0.25) is 0 Å². The molecule has 1 spiro atoms. The number of aromatic amines is 1. The number of fused-ring (bicyclic) bond motifs is 3. The second-order valence-electron chi connectivity index (χ2n) is 13.4. The van der Waals surface area contributed by atoms with E-state index in [1.165, 1.54) is 16.5 Å². The quantitative estimate of drug-likeness (QED) is 0.130. The zero-order valence-corrected chi connectivity index (χ0v) is 29.6. The first-order valence-electron chi connectivity index (χ1n) is 17.7. The lowest BCUT2D eigenvalue weighted by atomic mass is 9.91. The average molecular weight is 698 g/mol. The first-order valence-corrected chi connectivity index (χ1v) is 18.6. The Bertz CT molecular complexity index is 2010. The molecule has 0 aliphatic carbocycles. The summed E-state index contributed by atoms with van der Waals surface area (Å²) >= 11 is 1.76. The molecule has 1 N–H and O–H groups in total. The number of aromatic nitrogens is 1. The molecule has 1 saturated heterocycles. The zero-order chi connectivity index (χ0) is 34.5. The van der Waals surface area contributed by atoms with E-state index in [0.717, 1.165) is 33.3 Å². The number of thioether (sulfide) groups is 1. The van der Waals surface area contributed by atoms with Crippen molar-refractivity contribution in [3.8, 4) is 0 Å². The van der Waals surface area contributed by atoms with Gasteiger partial charge in [0.2, 0.25) is 0 Å². The molecule has 0 amide bonds. The van der Waals surface area contributed by atoms with Crippen LogP contribution in [0.1, 0.15) is 38.9 Å². The third-order valence-corrected chi connectivity index (χ3v) is 11.5. The Labute approximate surface area is 304 Å². The summed E-state index contributed by atoms with van der Waals surface area (Å²) in [6.07, 6.45) is 0.707. The molecular weight excluding hydrogens is 655 g/mol. The molecule has 0 bridgehead atoms. The number of benzene rings is 5. The molecule has 1 fully saturated rings. The molecule has 2 aliphatic rings. The van der Waals surface area contributed by atoms with Gasteiger partial charge in [-0.05, 0) is 52.4 Å². The molecule has 8 rings (SSSR count). The third-order valence-electron chi connectivity index (χ3n) is 9.86. The maximum absolute atomic E-state index is 7.08. The van der Waals surface area contributed by atoms with E-state index >= 15 is 0 Å². The predicted octanol–water partition coefficient (Wildman–Crippen LogP) is 9.25. The van der Waals surface area contributed by atoms with Crippen LogP contribution in [0.5, 0.6) is 0 Å². The largest absolute Gasteiger partial charge is 0.376 e. The first kappa shape index (κ1) is 33.9. The van der Waals surface area contributed by atoms with Crippen LogP contribution >= 0.6 is 11.8 Å². The van der Waals surface area contributed by atoms with Crippen LogP contribution in [0.3, 0.4) is 0 Å². The van der Waals surface area contributed by atoms with Gasteiger partial charge in [0, 0.05) is 22.7 Å². The number of ether oxygens (including phenoxy) is 5. The van der Waals surface area contributed by atoms with E-state index in [1.54, 1.807) is 11.8 Å². The van der Waals surface area contributed by atoms with Crippen molar-refractivity contribution >= 4 is 22.7 Å². The lowest BCUT2D eigenvalue weighted by molar-refractivity contribution is -0.207. The molecule has 7 heteroatoms. The van der Waals surface area contributed by atoms with E-state index in [-0.39, 0.29) is 11.4 Å². The van der Waals surface area contributed by atoms with Gasteiger partial charge in [-0.25, -0.2) is 0 Å². The van der Waals surface area contributed by atoms with Crippen LogP contribution in [0, 0.1) is 6.92 Å². The second kappa shape index (κ2) is 15.6. The molecule has 5 aromatic carbocycles. The van der Waals surface area contributed by atoms with Crippen LogP contribution in [0.4, 0.5) is 0 Å². The van der Waals surface area contributed by atoms with Crippen LogP contribution in [0.25, 0.3) is 10.9 Å². The molecule has 6 nitrogen and oxygen atoms in total. The van der Waals surface area contributed by atoms with Crippen LogP contribution in [0.15, 0.2) is 140 Å². The maximum Gasteiger partial charge on any atom is 0.169 e. The zero-order valence-electron chi connectivity index (χ0n) is 28.8. The van der Waals surface area contributed by atoms with Crippen molar-refractivity contribution in [2.24, 2.45) is 0 Å². The molecule has 3 heterocycles. The van der Waals surface area contributed by atoms with Gasteiger partial charge in [0.1, 0.15) is 18.3 Å². The van der Waals surface area contributed by atoms with Crippen molar-refractivity contribution in [2.45, 2.75) is 68.5 Å². The van der Waals surface area contributed by atoms with Crippen LogP contribution in [-0.4, -0.2) is 35.2 Å². The van der Waals surface area contributed by atoms with Gasteiger partial charge in [-0.2, -0.15) is 0 Å². The highest BCUT2D eigenvalue weighted by Gasteiger charge is 2.60. The minimum atomic E-state index is -0.869. The lowest BCUT2D eigenvalue weighted by Gasteiger charge is -2.50. The Morgan fingerprint density at radius 1 is 0.667 bits per heavy atom. The van der Waals surface area contributed by atoms with Gasteiger partial charge < -0.3 is 28.7 Å². The monoisotopic (exact) mass is 697 g/mol. The number of hydrogen-bond acceptors (Lipinski definition) is 6. The van der Waals surface area contributed by atoms with Crippen molar-refractivity contribution in [1.82, 2.24) is 4.98 Å². The fraction of sp³-hybridized carbons (Fsp3) is 0.273. The number of hydrogen-bond donors (Lipinski definition) is 1. The lowest BCUT2D eigenvalue weighted by Crippen LogP contribution is -2.61. The van der Waals surface area contributed by atoms with E-state index in [2.05, 4.69) is 78.8 Å². The molecule has 0 saturated carbocycles. The fourth-order valence-corrected chi connectivity index (χ4v) is 8.99. The van der Waals surface area contributed by atoms with E-state index in [0.29, 0.717) is 39.6 Å². The standard InChI is InChI=1S/C44H43NO5S/c1-31-24-45-39-23-38-36(22-37(31)39)29-50-44(38)43(49-28-35-20-12-5-13-21-35)42(48-27-34-18-10-4-11-19-34)41(47-26-33-16-8-3-9-17-33)40(51-44)30-46-25-32-14-6-2-7-15-32/h2-24,40-43,45H,25-30H2,1H3/t40-,41-,42+,43-,44+/m1/s1. The van der Waals surface area contributed by atoms with Crippen LogP contribution < -0.4 is 0 Å². The van der Waals surface area contributed by atoms with Crippen molar-refractivity contribution in [2.75, 3.05) is 6.61 Å².